The smallest absolute Gasteiger partial charge is 0.143 e. The summed E-state index contributed by atoms with van der Waals surface area (Å²) in [6.45, 7) is 0. The number of benzene rings is 11. The highest BCUT2D eigenvalue weighted by molar-refractivity contribution is 7.26. The van der Waals surface area contributed by atoms with Crippen molar-refractivity contribution in [3.05, 3.63) is 271 Å². The molecule has 2 heterocycles. The van der Waals surface area contributed by atoms with Gasteiger partial charge in [-0.05, 0) is 115 Å². The van der Waals surface area contributed by atoms with E-state index in [2.05, 4.69) is 254 Å². The van der Waals surface area contributed by atoms with Crippen LogP contribution in [0, 0.1) is 0 Å². The third-order valence-corrected chi connectivity index (χ3v) is 16.3. The molecular formula is C67H41NOS. The van der Waals surface area contributed by atoms with E-state index in [4.69, 9.17) is 4.42 Å². The first-order chi connectivity index (χ1) is 34.7. The lowest BCUT2D eigenvalue weighted by Gasteiger charge is -2.32. The minimum Gasteiger partial charge on any atom is -0.455 e. The Labute approximate surface area is 409 Å². The van der Waals surface area contributed by atoms with Crippen molar-refractivity contribution in [2.45, 2.75) is 5.41 Å². The summed E-state index contributed by atoms with van der Waals surface area (Å²) in [5, 5.41) is 4.89. The predicted octanol–water partition coefficient (Wildman–Crippen LogP) is 18.8. The van der Waals surface area contributed by atoms with Crippen molar-refractivity contribution < 1.29 is 4.42 Å². The molecule has 3 heteroatoms. The summed E-state index contributed by atoms with van der Waals surface area (Å²) in [5.41, 5.74) is 22.2. The Kier molecular flexibility index (Phi) is 8.48. The summed E-state index contributed by atoms with van der Waals surface area (Å²) in [7, 11) is 0. The van der Waals surface area contributed by atoms with Crippen molar-refractivity contribution >= 4 is 70.5 Å². The SMILES string of the molecule is c1ccc(-c2ccc(N(c3ccc(-c4ccccc4)cc3)c3ccc4c(c3)C3(c5ccccc5-4)c4ccccc4-c4c3ccc3sc5c(-c6cccc7c6oc6ccccc67)cccc5c43)cc2)cc1. The van der Waals surface area contributed by atoms with Crippen LogP contribution < -0.4 is 4.90 Å². The number of hydrogen-bond donors (Lipinski definition) is 0. The standard InChI is InChI=1S/C67H41NOS/c1-3-15-42(16-4-1)44-29-33-46(34-30-44)68(47-35-31-45(32-36-47)43-17-5-2-6-18-43)48-37-38-50-49-19-7-10-26-57(49)67(60(50)41-48)58-27-11-8-21-55(58)63-59(67)39-40-62-64(63)56-25-14-24-54(66(56)70-62)53-23-13-22-52-51-20-9-12-28-61(51)69-65(52)53/h1-41H. The maximum atomic E-state index is 6.64. The van der Waals surface area contributed by atoms with Crippen LogP contribution in [-0.4, -0.2) is 0 Å². The Balaban J connectivity index is 0.951. The highest BCUT2D eigenvalue weighted by atomic mass is 32.1. The van der Waals surface area contributed by atoms with Crippen LogP contribution in [-0.2, 0) is 5.41 Å². The molecule has 15 rings (SSSR count). The molecule has 0 fully saturated rings. The Hall–Kier alpha value is -8.76. The van der Waals surface area contributed by atoms with Crippen molar-refractivity contribution in [2.75, 3.05) is 4.90 Å². The zero-order valence-corrected chi connectivity index (χ0v) is 38.8. The quantitative estimate of drug-likeness (QED) is 0.165. The van der Waals surface area contributed by atoms with Crippen LogP contribution in [0.3, 0.4) is 0 Å². The summed E-state index contributed by atoms with van der Waals surface area (Å²) in [6, 6.07) is 91.6. The minimum absolute atomic E-state index is 0.548. The number of fused-ring (bicyclic) bond motifs is 17. The number of hydrogen-bond acceptors (Lipinski definition) is 3. The first kappa shape index (κ1) is 39.3. The van der Waals surface area contributed by atoms with E-state index in [1.54, 1.807) is 0 Å². The predicted molar refractivity (Wildman–Crippen MR) is 294 cm³/mol. The number of furan rings is 1. The average Bonchev–Trinajstić information content (AvgIpc) is 4.18. The third kappa shape index (κ3) is 5.55. The molecule has 0 N–H and O–H groups in total. The first-order valence-electron chi connectivity index (χ1n) is 24.1. The molecule has 0 bridgehead atoms. The van der Waals surface area contributed by atoms with Crippen LogP contribution in [0.15, 0.2) is 253 Å². The molecular weight excluding hydrogens is 867 g/mol. The molecule has 2 nitrogen and oxygen atoms in total. The van der Waals surface area contributed by atoms with Crippen LogP contribution in [0.4, 0.5) is 17.1 Å². The van der Waals surface area contributed by atoms with Crippen LogP contribution in [0.5, 0.6) is 0 Å². The second kappa shape index (κ2) is 15.1. The van der Waals surface area contributed by atoms with E-state index in [0.717, 1.165) is 44.6 Å². The third-order valence-electron chi connectivity index (χ3n) is 15.1. The highest BCUT2D eigenvalue weighted by Crippen LogP contribution is 2.65. The van der Waals surface area contributed by atoms with E-state index in [9.17, 15) is 0 Å². The normalized spacial score (nSPS) is 14.3. The maximum Gasteiger partial charge on any atom is 0.143 e. The zero-order chi connectivity index (χ0) is 45.9. The molecule has 0 saturated heterocycles. The highest BCUT2D eigenvalue weighted by Gasteiger charge is 2.52. The number of thiophene rings is 1. The molecule has 326 valence electrons. The van der Waals surface area contributed by atoms with Crippen LogP contribution in [0.25, 0.3) is 97.7 Å². The molecule has 70 heavy (non-hydrogen) atoms. The molecule has 1 atom stereocenters. The molecule has 0 saturated carbocycles. The first-order valence-corrected chi connectivity index (χ1v) is 24.9. The van der Waals surface area contributed by atoms with Gasteiger partial charge in [-0.1, -0.05) is 200 Å². The minimum atomic E-state index is -0.548. The summed E-state index contributed by atoms with van der Waals surface area (Å²) >= 11 is 1.89. The van der Waals surface area contributed by atoms with Gasteiger partial charge in [-0.15, -0.1) is 11.3 Å². The van der Waals surface area contributed by atoms with Gasteiger partial charge in [0.05, 0.1) is 5.41 Å². The Morgan fingerprint density at radius 2 is 0.871 bits per heavy atom. The lowest BCUT2D eigenvalue weighted by Crippen LogP contribution is -2.26. The molecule has 2 aliphatic carbocycles. The largest absolute Gasteiger partial charge is 0.455 e. The molecule has 13 aromatic rings. The van der Waals surface area contributed by atoms with Gasteiger partial charge < -0.3 is 9.32 Å². The van der Waals surface area contributed by atoms with Gasteiger partial charge in [0.15, 0.2) is 0 Å². The molecule has 2 aliphatic rings. The monoisotopic (exact) mass is 907 g/mol. The van der Waals surface area contributed by atoms with Crippen LogP contribution >= 0.6 is 11.3 Å². The maximum absolute atomic E-state index is 6.64. The summed E-state index contributed by atoms with van der Waals surface area (Å²) in [6.07, 6.45) is 0. The topological polar surface area (TPSA) is 16.4 Å². The summed E-state index contributed by atoms with van der Waals surface area (Å²) < 4.78 is 9.21. The van der Waals surface area contributed by atoms with Crippen LogP contribution in [0.1, 0.15) is 22.3 Å². The van der Waals surface area contributed by atoms with Gasteiger partial charge in [0.1, 0.15) is 11.2 Å². The van der Waals surface area contributed by atoms with Gasteiger partial charge >= 0.3 is 0 Å². The summed E-state index contributed by atoms with van der Waals surface area (Å²) in [5.74, 6) is 0. The number of nitrogens with zero attached hydrogens (tertiary/aromatic N) is 1. The lowest BCUT2D eigenvalue weighted by molar-refractivity contribution is 0.670. The molecule has 0 radical (unpaired) electrons. The van der Waals surface area contributed by atoms with Gasteiger partial charge in [-0.3, -0.25) is 0 Å². The second-order valence-corrected chi connectivity index (χ2v) is 19.7. The second-order valence-electron chi connectivity index (χ2n) is 18.7. The van der Waals surface area contributed by atoms with E-state index in [0.29, 0.717) is 0 Å². The van der Waals surface area contributed by atoms with Gasteiger partial charge in [-0.2, -0.15) is 0 Å². The fourth-order valence-corrected chi connectivity index (χ4v) is 13.4. The van der Waals surface area contributed by atoms with Crippen molar-refractivity contribution in [3.8, 4) is 55.6 Å². The van der Waals surface area contributed by atoms with E-state index < -0.39 is 5.41 Å². The molecule has 0 aliphatic heterocycles. The van der Waals surface area contributed by atoms with E-state index in [-0.39, 0.29) is 0 Å². The van der Waals surface area contributed by atoms with Gasteiger partial charge in [0.25, 0.3) is 0 Å². The lowest BCUT2D eigenvalue weighted by atomic mass is 9.70. The van der Waals surface area contributed by atoms with E-state index in [1.807, 2.05) is 11.3 Å². The van der Waals surface area contributed by atoms with Crippen molar-refractivity contribution in [1.29, 1.82) is 0 Å². The molecule has 1 unspecified atom stereocenters. The Morgan fingerprint density at radius 1 is 0.343 bits per heavy atom. The average molecular weight is 908 g/mol. The van der Waals surface area contributed by atoms with Gasteiger partial charge in [-0.25, -0.2) is 0 Å². The van der Waals surface area contributed by atoms with Crippen molar-refractivity contribution in [2.24, 2.45) is 0 Å². The van der Waals surface area contributed by atoms with Gasteiger partial charge in [0, 0.05) is 59.1 Å². The molecule has 2 aromatic heterocycles. The van der Waals surface area contributed by atoms with Crippen molar-refractivity contribution in [1.82, 2.24) is 0 Å². The van der Waals surface area contributed by atoms with E-state index in [1.165, 1.54) is 92.5 Å². The fourth-order valence-electron chi connectivity index (χ4n) is 12.1. The Bertz CT molecular complexity index is 4140. The van der Waals surface area contributed by atoms with E-state index >= 15 is 0 Å². The Morgan fingerprint density at radius 3 is 1.59 bits per heavy atom. The van der Waals surface area contributed by atoms with Gasteiger partial charge in [0.2, 0.25) is 0 Å². The summed E-state index contributed by atoms with van der Waals surface area (Å²) in [4.78, 5) is 2.43. The number of para-hydroxylation sites is 2. The number of rotatable bonds is 6. The number of anilines is 3. The molecule has 1 spiro atoms. The van der Waals surface area contributed by atoms with Crippen LogP contribution in [0.2, 0.25) is 0 Å². The zero-order valence-electron chi connectivity index (χ0n) is 37.9. The molecule has 0 amide bonds. The van der Waals surface area contributed by atoms with Crippen molar-refractivity contribution in [3.63, 3.8) is 0 Å². The molecule has 11 aromatic carbocycles. The fraction of sp³-hybridized carbons (Fsp3) is 0.0149.